The van der Waals surface area contributed by atoms with Gasteiger partial charge in [0.1, 0.15) is 0 Å². The van der Waals surface area contributed by atoms with Gasteiger partial charge in [-0.1, -0.05) is 30.3 Å². The SMILES string of the molecule is CC(C)N(CC(N)=O)CC(C#N)c1ccccc1. The summed E-state index contributed by atoms with van der Waals surface area (Å²) in [6.45, 7) is 4.68. The molecule has 0 fully saturated rings. The lowest BCUT2D eigenvalue weighted by atomic mass is 9.99. The summed E-state index contributed by atoms with van der Waals surface area (Å²) in [4.78, 5) is 12.9. The Bertz CT molecular complexity index is 422. The number of amides is 1. The molecule has 1 rings (SSSR count). The van der Waals surface area contributed by atoms with Gasteiger partial charge >= 0.3 is 0 Å². The zero-order valence-electron chi connectivity index (χ0n) is 10.8. The van der Waals surface area contributed by atoms with Gasteiger partial charge in [0.25, 0.3) is 0 Å². The lowest BCUT2D eigenvalue weighted by molar-refractivity contribution is -0.119. The summed E-state index contributed by atoms with van der Waals surface area (Å²) in [5, 5.41) is 9.25. The average molecular weight is 245 g/mol. The van der Waals surface area contributed by atoms with Crippen molar-refractivity contribution in [2.75, 3.05) is 13.1 Å². The van der Waals surface area contributed by atoms with E-state index in [2.05, 4.69) is 6.07 Å². The average Bonchev–Trinajstić information content (AvgIpc) is 2.34. The Balaban J connectivity index is 2.78. The quantitative estimate of drug-likeness (QED) is 0.825. The second-order valence-corrected chi connectivity index (χ2v) is 4.58. The number of nitrogens with two attached hydrogens (primary N) is 1. The summed E-state index contributed by atoms with van der Waals surface area (Å²) in [6.07, 6.45) is 0. The minimum atomic E-state index is -0.367. The van der Waals surface area contributed by atoms with Crippen LogP contribution in [0.2, 0.25) is 0 Å². The number of primary amides is 1. The van der Waals surface area contributed by atoms with Gasteiger partial charge in [0.05, 0.1) is 18.5 Å². The van der Waals surface area contributed by atoms with Crippen LogP contribution in [0, 0.1) is 11.3 Å². The van der Waals surface area contributed by atoms with Crippen molar-refractivity contribution in [2.24, 2.45) is 5.73 Å². The smallest absolute Gasteiger partial charge is 0.231 e. The van der Waals surface area contributed by atoms with Crippen molar-refractivity contribution in [2.45, 2.75) is 25.8 Å². The number of rotatable bonds is 6. The van der Waals surface area contributed by atoms with Crippen molar-refractivity contribution >= 4 is 5.91 Å². The molecule has 1 unspecified atom stereocenters. The van der Waals surface area contributed by atoms with E-state index in [4.69, 9.17) is 5.73 Å². The Morgan fingerprint density at radius 1 is 1.39 bits per heavy atom. The van der Waals surface area contributed by atoms with Gasteiger partial charge in [0.15, 0.2) is 0 Å². The van der Waals surface area contributed by atoms with Crippen molar-refractivity contribution < 1.29 is 4.79 Å². The molecular formula is C14H19N3O. The molecule has 2 N–H and O–H groups in total. The van der Waals surface area contributed by atoms with E-state index in [9.17, 15) is 10.1 Å². The maximum Gasteiger partial charge on any atom is 0.231 e. The van der Waals surface area contributed by atoms with Crippen LogP contribution in [0.3, 0.4) is 0 Å². The monoisotopic (exact) mass is 245 g/mol. The van der Waals surface area contributed by atoms with Gasteiger partial charge in [-0.05, 0) is 19.4 Å². The molecule has 0 aliphatic heterocycles. The first-order chi connectivity index (χ1) is 8.54. The van der Waals surface area contributed by atoms with Crippen molar-refractivity contribution in [1.82, 2.24) is 4.90 Å². The van der Waals surface area contributed by atoms with Crippen LogP contribution < -0.4 is 5.73 Å². The molecule has 0 spiro atoms. The second-order valence-electron chi connectivity index (χ2n) is 4.58. The molecule has 1 atom stereocenters. The minimum Gasteiger partial charge on any atom is -0.369 e. The van der Waals surface area contributed by atoms with E-state index in [-0.39, 0.29) is 24.4 Å². The Morgan fingerprint density at radius 2 is 2.00 bits per heavy atom. The summed E-state index contributed by atoms with van der Waals surface area (Å²) < 4.78 is 0. The molecule has 4 heteroatoms. The number of hydrogen-bond donors (Lipinski definition) is 1. The first-order valence-electron chi connectivity index (χ1n) is 6.01. The Morgan fingerprint density at radius 3 is 2.44 bits per heavy atom. The number of nitriles is 1. The fourth-order valence-electron chi connectivity index (χ4n) is 1.80. The molecule has 0 radical (unpaired) electrons. The van der Waals surface area contributed by atoms with Gasteiger partial charge < -0.3 is 5.73 Å². The van der Waals surface area contributed by atoms with E-state index in [1.807, 2.05) is 49.1 Å². The molecule has 0 bridgehead atoms. The second kappa shape index (κ2) is 6.77. The van der Waals surface area contributed by atoms with Gasteiger partial charge in [0.2, 0.25) is 5.91 Å². The fraction of sp³-hybridized carbons (Fsp3) is 0.429. The maximum absolute atomic E-state index is 11.0. The van der Waals surface area contributed by atoms with Gasteiger partial charge in [-0.3, -0.25) is 9.69 Å². The number of carbonyl (C=O) groups excluding carboxylic acids is 1. The van der Waals surface area contributed by atoms with Gasteiger partial charge in [-0.15, -0.1) is 0 Å². The summed E-state index contributed by atoms with van der Waals surface area (Å²) in [5.41, 5.74) is 6.19. The van der Waals surface area contributed by atoms with Crippen LogP contribution in [0.1, 0.15) is 25.3 Å². The molecule has 1 aromatic rings. The number of carbonyl (C=O) groups is 1. The highest BCUT2D eigenvalue weighted by Gasteiger charge is 2.19. The van der Waals surface area contributed by atoms with Crippen LogP contribution in [0.4, 0.5) is 0 Å². The van der Waals surface area contributed by atoms with E-state index < -0.39 is 0 Å². The zero-order chi connectivity index (χ0) is 13.5. The molecule has 18 heavy (non-hydrogen) atoms. The Labute approximate surface area is 108 Å². The van der Waals surface area contributed by atoms with Crippen LogP contribution in [0.25, 0.3) is 0 Å². The van der Waals surface area contributed by atoms with E-state index >= 15 is 0 Å². The highest BCUT2D eigenvalue weighted by atomic mass is 16.1. The third-order valence-corrected chi connectivity index (χ3v) is 2.86. The van der Waals surface area contributed by atoms with E-state index in [0.717, 1.165) is 5.56 Å². The van der Waals surface area contributed by atoms with Crippen LogP contribution >= 0.6 is 0 Å². The van der Waals surface area contributed by atoms with Crippen LogP contribution in [0.15, 0.2) is 30.3 Å². The van der Waals surface area contributed by atoms with E-state index in [1.54, 1.807) is 0 Å². The molecule has 0 aromatic heterocycles. The van der Waals surface area contributed by atoms with Crippen LogP contribution in [0.5, 0.6) is 0 Å². The molecule has 0 saturated heterocycles. The van der Waals surface area contributed by atoms with Crippen molar-refractivity contribution in [3.05, 3.63) is 35.9 Å². The number of hydrogen-bond acceptors (Lipinski definition) is 3. The number of benzene rings is 1. The summed E-state index contributed by atoms with van der Waals surface area (Å²) >= 11 is 0. The lowest BCUT2D eigenvalue weighted by Crippen LogP contribution is -2.40. The minimum absolute atomic E-state index is 0.178. The highest BCUT2D eigenvalue weighted by Crippen LogP contribution is 2.17. The predicted octanol–water partition coefficient (Wildman–Crippen LogP) is 1.49. The van der Waals surface area contributed by atoms with Crippen molar-refractivity contribution in [3.63, 3.8) is 0 Å². The van der Waals surface area contributed by atoms with Gasteiger partial charge in [0, 0.05) is 12.6 Å². The molecular weight excluding hydrogens is 226 g/mol. The van der Waals surface area contributed by atoms with E-state index in [1.165, 1.54) is 0 Å². The lowest BCUT2D eigenvalue weighted by Gasteiger charge is -2.27. The third kappa shape index (κ3) is 4.19. The largest absolute Gasteiger partial charge is 0.369 e. The number of nitrogens with zero attached hydrogens (tertiary/aromatic N) is 2. The van der Waals surface area contributed by atoms with Crippen LogP contribution in [-0.2, 0) is 4.79 Å². The highest BCUT2D eigenvalue weighted by molar-refractivity contribution is 5.75. The summed E-state index contributed by atoms with van der Waals surface area (Å²) in [5.74, 6) is -0.610. The molecule has 1 aromatic carbocycles. The molecule has 0 aliphatic carbocycles. The third-order valence-electron chi connectivity index (χ3n) is 2.86. The molecule has 0 aliphatic rings. The first kappa shape index (κ1) is 14.2. The molecule has 0 saturated carbocycles. The van der Waals surface area contributed by atoms with Crippen LogP contribution in [-0.4, -0.2) is 29.9 Å². The molecule has 1 amide bonds. The standard InChI is InChI=1S/C14H19N3O/c1-11(2)17(10-14(16)18)9-13(8-15)12-6-4-3-5-7-12/h3-7,11,13H,9-10H2,1-2H3,(H2,16,18). The summed E-state index contributed by atoms with van der Waals surface area (Å²) in [6, 6.07) is 12.1. The van der Waals surface area contributed by atoms with Gasteiger partial charge in [-0.25, -0.2) is 0 Å². The first-order valence-corrected chi connectivity index (χ1v) is 6.01. The van der Waals surface area contributed by atoms with E-state index in [0.29, 0.717) is 6.54 Å². The molecule has 4 nitrogen and oxygen atoms in total. The predicted molar refractivity (Wildman–Crippen MR) is 70.7 cm³/mol. The topological polar surface area (TPSA) is 70.1 Å². The molecule has 0 heterocycles. The fourth-order valence-corrected chi connectivity index (χ4v) is 1.80. The molecule has 96 valence electrons. The van der Waals surface area contributed by atoms with Crippen molar-refractivity contribution in [1.29, 1.82) is 5.26 Å². The normalized spacial score (nSPS) is 12.4. The maximum atomic E-state index is 11.0. The Hall–Kier alpha value is -1.86. The Kier molecular flexibility index (Phi) is 5.34. The summed E-state index contributed by atoms with van der Waals surface area (Å²) in [7, 11) is 0. The van der Waals surface area contributed by atoms with Crippen molar-refractivity contribution in [3.8, 4) is 6.07 Å². The zero-order valence-corrected chi connectivity index (χ0v) is 10.8. The van der Waals surface area contributed by atoms with Gasteiger partial charge in [-0.2, -0.15) is 5.26 Å².